The Morgan fingerprint density at radius 3 is 3.00 bits per heavy atom. The van der Waals surface area contributed by atoms with Gasteiger partial charge in [-0.05, 0) is 32.5 Å². The van der Waals surface area contributed by atoms with Gasteiger partial charge in [0.2, 0.25) is 0 Å². The van der Waals surface area contributed by atoms with Crippen LogP contribution in [0.5, 0.6) is 0 Å². The molecule has 1 N–H and O–H groups in total. The molecule has 0 aliphatic carbocycles. The summed E-state index contributed by atoms with van der Waals surface area (Å²) in [6, 6.07) is 4.83. The highest BCUT2D eigenvalue weighted by atomic mass is 35.5. The van der Waals surface area contributed by atoms with Gasteiger partial charge in [0.25, 0.3) is 0 Å². The normalized spacial score (nSPS) is 24.8. The third-order valence-corrected chi connectivity index (χ3v) is 4.47. The van der Waals surface area contributed by atoms with Crippen LogP contribution < -0.4 is 5.32 Å². The molecule has 6 heteroatoms. The molecular formula is C12H15ClN4S. The molecule has 1 aromatic carbocycles. The second-order valence-corrected chi connectivity index (χ2v) is 5.86. The Hall–Kier alpha value is -0.910. The molecule has 1 fully saturated rings. The average molecular weight is 283 g/mol. The maximum absolute atomic E-state index is 6.27. The third-order valence-electron chi connectivity index (χ3n) is 3.61. The number of aromatic nitrogens is 2. The summed E-state index contributed by atoms with van der Waals surface area (Å²) in [4.78, 5) is 2.35. The van der Waals surface area contributed by atoms with Crippen molar-refractivity contribution in [1.29, 1.82) is 0 Å². The van der Waals surface area contributed by atoms with Gasteiger partial charge in [0.15, 0.2) is 0 Å². The topological polar surface area (TPSA) is 41.1 Å². The van der Waals surface area contributed by atoms with Crippen molar-refractivity contribution in [1.82, 2.24) is 13.6 Å². The maximum Gasteiger partial charge on any atom is 0.129 e. The summed E-state index contributed by atoms with van der Waals surface area (Å²) in [5, 5.41) is 4.25. The predicted molar refractivity (Wildman–Crippen MR) is 76.5 cm³/mol. The van der Waals surface area contributed by atoms with E-state index < -0.39 is 0 Å². The van der Waals surface area contributed by atoms with Crippen LogP contribution in [-0.4, -0.2) is 39.3 Å². The minimum absolute atomic E-state index is 0.426. The first-order valence-corrected chi connectivity index (χ1v) is 7.13. The van der Waals surface area contributed by atoms with Gasteiger partial charge in [0, 0.05) is 18.6 Å². The molecule has 96 valence electrons. The van der Waals surface area contributed by atoms with Gasteiger partial charge in [-0.15, -0.1) is 0 Å². The number of rotatable bonds is 2. The number of likely N-dealkylation sites (N-methyl/N-ethyl adjacent to an activating group) is 1. The fourth-order valence-corrected chi connectivity index (χ4v) is 3.22. The number of nitrogens with one attached hydrogen (secondary N) is 1. The fraction of sp³-hybridized carbons (Fsp3) is 0.500. The molecule has 2 heterocycles. The van der Waals surface area contributed by atoms with Gasteiger partial charge in [0.05, 0.1) is 22.4 Å². The van der Waals surface area contributed by atoms with Gasteiger partial charge >= 0.3 is 0 Å². The summed E-state index contributed by atoms with van der Waals surface area (Å²) in [5.74, 6) is 0. The van der Waals surface area contributed by atoms with Crippen molar-refractivity contribution in [2.75, 3.05) is 18.9 Å². The molecule has 18 heavy (non-hydrogen) atoms. The minimum Gasteiger partial charge on any atom is -0.378 e. The lowest BCUT2D eigenvalue weighted by molar-refractivity contribution is 0.330. The van der Waals surface area contributed by atoms with E-state index in [9.17, 15) is 0 Å². The van der Waals surface area contributed by atoms with Crippen LogP contribution in [0.25, 0.3) is 11.0 Å². The van der Waals surface area contributed by atoms with E-state index in [1.807, 2.05) is 12.1 Å². The Morgan fingerprint density at radius 1 is 1.44 bits per heavy atom. The number of hydrogen-bond acceptors (Lipinski definition) is 5. The first-order chi connectivity index (χ1) is 8.65. The molecule has 2 unspecified atom stereocenters. The number of benzene rings is 1. The summed E-state index contributed by atoms with van der Waals surface area (Å²) in [7, 11) is 2.15. The van der Waals surface area contributed by atoms with Crippen LogP contribution in [-0.2, 0) is 0 Å². The van der Waals surface area contributed by atoms with E-state index in [2.05, 4.69) is 32.9 Å². The Kier molecular flexibility index (Phi) is 3.13. The molecule has 0 radical (unpaired) electrons. The van der Waals surface area contributed by atoms with E-state index in [4.69, 9.17) is 11.6 Å². The van der Waals surface area contributed by atoms with E-state index in [-0.39, 0.29) is 0 Å². The molecule has 2 atom stereocenters. The van der Waals surface area contributed by atoms with Crippen molar-refractivity contribution in [2.24, 2.45) is 0 Å². The summed E-state index contributed by atoms with van der Waals surface area (Å²) in [6.45, 7) is 3.28. The van der Waals surface area contributed by atoms with Crippen LogP contribution in [0.4, 0.5) is 5.69 Å². The molecule has 1 saturated heterocycles. The maximum atomic E-state index is 6.27. The molecule has 1 aliphatic heterocycles. The fourth-order valence-electron chi connectivity index (χ4n) is 2.47. The second-order valence-electron chi connectivity index (χ2n) is 4.92. The Bertz CT molecular complexity index is 560. The average Bonchev–Trinajstić information content (AvgIpc) is 2.91. The lowest BCUT2D eigenvalue weighted by Gasteiger charge is -2.15. The zero-order valence-electron chi connectivity index (χ0n) is 10.4. The highest BCUT2D eigenvalue weighted by Gasteiger charge is 2.27. The monoisotopic (exact) mass is 282 g/mol. The molecular weight excluding hydrogens is 268 g/mol. The van der Waals surface area contributed by atoms with Gasteiger partial charge in [-0.1, -0.05) is 11.6 Å². The van der Waals surface area contributed by atoms with E-state index in [1.165, 1.54) is 11.7 Å². The highest BCUT2D eigenvalue weighted by molar-refractivity contribution is 7.00. The van der Waals surface area contributed by atoms with Crippen molar-refractivity contribution >= 4 is 40.0 Å². The van der Waals surface area contributed by atoms with Crippen molar-refractivity contribution in [2.45, 2.75) is 25.4 Å². The van der Waals surface area contributed by atoms with Gasteiger partial charge < -0.3 is 10.2 Å². The van der Waals surface area contributed by atoms with Crippen LogP contribution in [0.1, 0.15) is 13.3 Å². The standard InChI is InChI=1S/C12H15ClN4S/c1-7-5-8(6-17(7)2)14-11-9(13)3-4-10-12(11)16-18-15-10/h3-4,7-8,14H,5-6H2,1-2H3. The van der Waals surface area contributed by atoms with Gasteiger partial charge in [-0.25, -0.2) is 0 Å². The van der Waals surface area contributed by atoms with E-state index >= 15 is 0 Å². The Morgan fingerprint density at radius 2 is 2.28 bits per heavy atom. The summed E-state index contributed by atoms with van der Waals surface area (Å²) in [5.41, 5.74) is 2.72. The van der Waals surface area contributed by atoms with Gasteiger partial charge in [-0.2, -0.15) is 8.75 Å². The third kappa shape index (κ3) is 2.06. The van der Waals surface area contributed by atoms with Crippen molar-refractivity contribution in [3.05, 3.63) is 17.2 Å². The quantitative estimate of drug-likeness (QED) is 0.920. The summed E-state index contributed by atoms with van der Waals surface area (Å²) >= 11 is 7.50. The van der Waals surface area contributed by atoms with Crippen LogP contribution in [0.3, 0.4) is 0 Å². The highest BCUT2D eigenvalue weighted by Crippen LogP contribution is 2.32. The lowest BCUT2D eigenvalue weighted by Crippen LogP contribution is -2.25. The van der Waals surface area contributed by atoms with Crippen LogP contribution in [0.2, 0.25) is 5.02 Å². The zero-order chi connectivity index (χ0) is 12.7. The summed E-state index contributed by atoms with van der Waals surface area (Å²) < 4.78 is 8.58. The molecule has 1 aromatic heterocycles. The van der Waals surface area contributed by atoms with Crippen molar-refractivity contribution < 1.29 is 0 Å². The van der Waals surface area contributed by atoms with Crippen LogP contribution in [0, 0.1) is 0 Å². The Labute approximate surface area is 115 Å². The zero-order valence-corrected chi connectivity index (χ0v) is 11.9. The van der Waals surface area contributed by atoms with Crippen molar-refractivity contribution in [3.8, 4) is 0 Å². The molecule has 3 rings (SSSR count). The van der Waals surface area contributed by atoms with Crippen LogP contribution in [0.15, 0.2) is 12.1 Å². The van der Waals surface area contributed by atoms with E-state index in [0.29, 0.717) is 12.1 Å². The predicted octanol–water partition coefficient (Wildman–Crippen LogP) is 2.85. The number of hydrogen-bond donors (Lipinski definition) is 1. The first kappa shape index (κ1) is 12.1. The van der Waals surface area contributed by atoms with Gasteiger partial charge in [-0.3, -0.25) is 0 Å². The number of halogens is 1. The smallest absolute Gasteiger partial charge is 0.129 e. The second kappa shape index (κ2) is 4.64. The van der Waals surface area contributed by atoms with Crippen molar-refractivity contribution in [3.63, 3.8) is 0 Å². The summed E-state index contributed by atoms with van der Waals surface area (Å²) in [6.07, 6.45) is 1.13. The van der Waals surface area contributed by atoms with E-state index in [1.54, 1.807) is 0 Å². The largest absolute Gasteiger partial charge is 0.378 e. The molecule has 0 saturated carbocycles. The molecule has 4 nitrogen and oxygen atoms in total. The molecule has 0 spiro atoms. The number of fused-ring (bicyclic) bond motifs is 1. The SMILES string of the molecule is CC1CC(Nc2c(Cl)ccc3nsnc23)CN1C. The lowest BCUT2D eigenvalue weighted by atomic mass is 10.1. The van der Waals surface area contributed by atoms with Crippen LogP contribution >= 0.6 is 23.3 Å². The number of likely N-dealkylation sites (tertiary alicyclic amines) is 1. The first-order valence-electron chi connectivity index (χ1n) is 6.02. The molecule has 1 aliphatic rings. The molecule has 2 aromatic rings. The minimum atomic E-state index is 0.426. The van der Waals surface area contributed by atoms with E-state index in [0.717, 1.165) is 34.7 Å². The molecule has 0 bridgehead atoms. The van der Waals surface area contributed by atoms with Gasteiger partial charge in [0.1, 0.15) is 11.0 Å². The Balaban J connectivity index is 1.90. The molecule has 0 amide bonds. The number of nitrogens with zero attached hydrogens (tertiary/aromatic N) is 3. The number of anilines is 1.